The number of fused-ring (bicyclic) bond motifs is 3. The third-order valence-electron chi connectivity index (χ3n) is 4.68. The van der Waals surface area contributed by atoms with Crippen LogP contribution in [0.5, 0.6) is 0 Å². The van der Waals surface area contributed by atoms with E-state index in [4.69, 9.17) is 0 Å². The fourth-order valence-corrected chi connectivity index (χ4v) is 5.79. The summed E-state index contributed by atoms with van der Waals surface area (Å²) in [7, 11) is 0. The van der Waals surface area contributed by atoms with Gasteiger partial charge in [-0.25, -0.2) is 9.97 Å². The first-order valence-corrected chi connectivity index (χ1v) is 9.95. The predicted octanol–water partition coefficient (Wildman–Crippen LogP) is 5.42. The average molecular weight is 341 g/mol. The molecule has 0 saturated heterocycles. The molecule has 1 atom stereocenters. The Balaban J connectivity index is 1.69. The van der Waals surface area contributed by atoms with Crippen molar-refractivity contribution in [2.24, 2.45) is 5.92 Å². The first kappa shape index (κ1) is 15.2. The highest BCUT2D eigenvalue weighted by Gasteiger charge is 2.23. The van der Waals surface area contributed by atoms with Crippen LogP contribution >= 0.6 is 23.1 Å². The Morgan fingerprint density at radius 2 is 2.13 bits per heavy atom. The number of thioether (sulfide) groups is 1. The standard InChI is InChI=1S/C19H20N2S2/c1-12-7-8-15-16(9-12)23-19-17(15)18(20-11-21-19)22-10-14-6-4-3-5-13(14)2/h3-6,11-12H,7-10H2,1-2H3/t12-/m1/s1. The highest BCUT2D eigenvalue weighted by Crippen LogP contribution is 2.41. The minimum absolute atomic E-state index is 0.798. The van der Waals surface area contributed by atoms with Crippen molar-refractivity contribution in [3.8, 4) is 0 Å². The summed E-state index contributed by atoms with van der Waals surface area (Å²) in [6.45, 7) is 4.53. The smallest absolute Gasteiger partial charge is 0.128 e. The Labute approximate surface area is 145 Å². The van der Waals surface area contributed by atoms with Crippen molar-refractivity contribution in [2.45, 2.75) is 43.9 Å². The second-order valence-corrected chi connectivity index (χ2v) is 8.47. The molecule has 2 heterocycles. The summed E-state index contributed by atoms with van der Waals surface area (Å²) in [6, 6.07) is 8.61. The SMILES string of the molecule is Cc1ccccc1CSc1ncnc2sc3c(c12)CC[C@@H](C)C3. The number of thiophene rings is 1. The molecule has 0 unspecified atom stereocenters. The molecule has 118 valence electrons. The third kappa shape index (κ3) is 2.90. The lowest BCUT2D eigenvalue weighted by Gasteiger charge is -2.18. The van der Waals surface area contributed by atoms with E-state index in [0.717, 1.165) is 16.7 Å². The van der Waals surface area contributed by atoms with Gasteiger partial charge in [-0.2, -0.15) is 0 Å². The van der Waals surface area contributed by atoms with Crippen LogP contribution in [0.4, 0.5) is 0 Å². The van der Waals surface area contributed by atoms with Crippen molar-refractivity contribution in [1.82, 2.24) is 9.97 Å². The number of nitrogens with zero attached hydrogens (tertiary/aromatic N) is 2. The first-order chi connectivity index (χ1) is 11.2. The Kier molecular flexibility index (Phi) is 4.12. The lowest BCUT2D eigenvalue weighted by atomic mass is 9.89. The van der Waals surface area contributed by atoms with Gasteiger partial charge in [0.25, 0.3) is 0 Å². The highest BCUT2D eigenvalue weighted by atomic mass is 32.2. The number of hydrogen-bond acceptors (Lipinski definition) is 4. The number of aromatic nitrogens is 2. The monoisotopic (exact) mass is 340 g/mol. The number of hydrogen-bond donors (Lipinski definition) is 0. The second kappa shape index (κ2) is 6.25. The van der Waals surface area contributed by atoms with E-state index in [-0.39, 0.29) is 0 Å². The van der Waals surface area contributed by atoms with E-state index in [9.17, 15) is 0 Å². The molecule has 0 aliphatic heterocycles. The van der Waals surface area contributed by atoms with Gasteiger partial charge in [-0.15, -0.1) is 23.1 Å². The Morgan fingerprint density at radius 1 is 1.26 bits per heavy atom. The molecule has 0 radical (unpaired) electrons. The molecule has 0 amide bonds. The molecule has 3 aromatic rings. The van der Waals surface area contributed by atoms with Gasteiger partial charge in [-0.3, -0.25) is 0 Å². The number of rotatable bonds is 3. The van der Waals surface area contributed by atoms with Crippen LogP contribution in [-0.4, -0.2) is 9.97 Å². The van der Waals surface area contributed by atoms with E-state index < -0.39 is 0 Å². The first-order valence-electron chi connectivity index (χ1n) is 8.15. The molecular weight excluding hydrogens is 320 g/mol. The molecule has 4 rings (SSSR count). The van der Waals surface area contributed by atoms with Crippen LogP contribution in [0.1, 0.15) is 34.9 Å². The molecular formula is C19H20N2S2. The molecule has 1 aliphatic rings. The van der Waals surface area contributed by atoms with E-state index >= 15 is 0 Å². The van der Waals surface area contributed by atoms with Gasteiger partial charge in [-0.05, 0) is 48.8 Å². The van der Waals surface area contributed by atoms with Gasteiger partial charge < -0.3 is 0 Å². The molecule has 0 fully saturated rings. The van der Waals surface area contributed by atoms with Crippen molar-refractivity contribution in [2.75, 3.05) is 0 Å². The predicted molar refractivity (Wildman–Crippen MR) is 99.3 cm³/mol. The van der Waals surface area contributed by atoms with E-state index in [1.54, 1.807) is 6.33 Å². The average Bonchev–Trinajstić information content (AvgIpc) is 2.92. The largest absolute Gasteiger partial charge is 0.229 e. The van der Waals surface area contributed by atoms with Crippen LogP contribution in [0.15, 0.2) is 35.6 Å². The van der Waals surface area contributed by atoms with E-state index in [0.29, 0.717) is 0 Å². The third-order valence-corrected chi connectivity index (χ3v) is 6.88. The second-order valence-electron chi connectivity index (χ2n) is 6.43. The molecule has 2 nitrogen and oxygen atoms in total. The Morgan fingerprint density at radius 3 is 3.00 bits per heavy atom. The maximum Gasteiger partial charge on any atom is 0.128 e. The summed E-state index contributed by atoms with van der Waals surface area (Å²) < 4.78 is 0. The van der Waals surface area contributed by atoms with Crippen LogP contribution in [0.2, 0.25) is 0 Å². The van der Waals surface area contributed by atoms with E-state index in [2.05, 4.69) is 48.1 Å². The maximum atomic E-state index is 4.61. The van der Waals surface area contributed by atoms with E-state index in [1.807, 2.05) is 23.1 Å². The van der Waals surface area contributed by atoms with Gasteiger partial charge in [0.2, 0.25) is 0 Å². The zero-order valence-corrected chi connectivity index (χ0v) is 15.1. The summed E-state index contributed by atoms with van der Waals surface area (Å²) in [4.78, 5) is 11.9. The molecule has 1 aliphatic carbocycles. The summed E-state index contributed by atoms with van der Waals surface area (Å²) in [5.41, 5.74) is 4.27. The number of benzene rings is 1. The van der Waals surface area contributed by atoms with Gasteiger partial charge in [0.15, 0.2) is 0 Å². The molecule has 0 spiro atoms. The van der Waals surface area contributed by atoms with Crippen molar-refractivity contribution >= 4 is 33.3 Å². The number of aryl methyl sites for hydroxylation is 2. The lowest BCUT2D eigenvalue weighted by Crippen LogP contribution is -2.08. The van der Waals surface area contributed by atoms with Crippen LogP contribution in [0, 0.1) is 12.8 Å². The molecule has 2 aromatic heterocycles. The molecule has 23 heavy (non-hydrogen) atoms. The molecule has 1 aromatic carbocycles. The zero-order chi connectivity index (χ0) is 15.8. The van der Waals surface area contributed by atoms with Crippen LogP contribution in [0.3, 0.4) is 0 Å². The zero-order valence-electron chi connectivity index (χ0n) is 13.5. The summed E-state index contributed by atoms with van der Waals surface area (Å²) in [6.07, 6.45) is 5.41. The minimum atomic E-state index is 0.798. The lowest BCUT2D eigenvalue weighted by molar-refractivity contribution is 0.509. The highest BCUT2D eigenvalue weighted by molar-refractivity contribution is 7.98. The van der Waals surface area contributed by atoms with Crippen molar-refractivity contribution in [1.29, 1.82) is 0 Å². The van der Waals surface area contributed by atoms with Gasteiger partial charge in [0.1, 0.15) is 16.2 Å². The summed E-state index contributed by atoms with van der Waals surface area (Å²) >= 11 is 3.73. The minimum Gasteiger partial charge on any atom is -0.229 e. The van der Waals surface area contributed by atoms with Crippen LogP contribution < -0.4 is 0 Å². The molecule has 0 saturated carbocycles. The van der Waals surface area contributed by atoms with Crippen LogP contribution in [-0.2, 0) is 18.6 Å². The Bertz CT molecular complexity index is 854. The fourth-order valence-electron chi connectivity index (χ4n) is 3.27. The van der Waals surface area contributed by atoms with Gasteiger partial charge >= 0.3 is 0 Å². The normalized spacial score (nSPS) is 17.4. The van der Waals surface area contributed by atoms with Crippen LogP contribution in [0.25, 0.3) is 10.2 Å². The van der Waals surface area contributed by atoms with E-state index in [1.165, 1.54) is 51.0 Å². The van der Waals surface area contributed by atoms with Gasteiger partial charge in [0.05, 0.1) is 0 Å². The maximum absolute atomic E-state index is 4.61. The van der Waals surface area contributed by atoms with Crippen molar-refractivity contribution < 1.29 is 0 Å². The fraction of sp³-hybridized carbons (Fsp3) is 0.368. The van der Waals surface area contributed by atoms with Crippen molar-refractivity contribution in [3.63, 3.8) is 0 Å². The molecule has 0 N–H and O–H groups in total. The summed E-state index contributed by atoms with van der Waals surface area (Å²) in [5.74, 6) is 1.77. The molecule has 4 heteroatoms. The topological polar surface area (TPSA) is 25.8 Å². The van der Waals surface area contributed by atoms with Crippen molar-refractivity contribution in [3.05, 3.63) is 52.2 Å². The Hall–Kier alpha value is -1.39. The summed E-state index contributed by atoms with van der Waals surface area (Å²) in [5, 5.41) is 2.49. The quantitative estimate of drug-likeness (QED) is 0.470. The van der Waals surface area contributed by atoms with Gasteiger partial charge in [0, 0.05) is 16.0 Å². The molecule has 0 bridgehead atoms. The van der Waals surface area contributed by atoms with Gasteiger partial charge in [-0.1, -0.05) is 31.2 Å².